The van der Waals surface area contributed by atoms with Gasteiger partial charge in [0.05, 0.1) is 18.6 Å². The third-order valence-electron chi connectivity index (χ3n) is 2.24. The summed E-state index contributed by atoms with van der Waals surface area (Å²) in [6, 6.07) is 7.76. The highest BCUT2D eigenvalue weighted by Gasteiger charge is 2.09. The smallest absolute Gasteiger partial charge is 0.123 e. The molecule has 1 heterocycles. The Balaban J connectivity index is 2.11. The first kappa shape index (κ1) is 9.93. The molecule has 2 nitrogen and oxygen atoms in total. The van der Waals surface area contributed by atoms with E-state index in [1.165, 1.54) is 12.1 Å². The van der Waals surface area contributed by atoms with Gasteiger partial charge in [0.2, 0.25) is 0 Å². The second kappa shape index (κ2) is 4.28. The van der Waals surface area contributed by atoms with Crippen molar-refractivity contribution in [3.05, 3.63) is 59.8 Å². The molecule has 0 spiro atoms. The molecule has 78 valence electrons. The number of hydrogen-bond acceptors (Lipinski definition) is 2. The van der Waals surface area contributed by atoms with Gasteiger partial charge in [0.15, 0.2) is 0 Å². The molecule has 0 bridgehead atoms. The molecule has 1 unspecified atom stereocenters. The molecular weight excluding hydrogens is 195 g/mol. The molecule has 2 rings (SSSR count). The Labute approximate surface area is 87.0 Å². The largest absolute Gasteiger partial charge is 0.472 e. The van der Waals surface area contributed by atoms with Crippen LogP contribution in [0, 0.1) is 5.82 Å². The summed E-state index contributed by atoms with van der Waals surface area (Å²) in [6.45, 7) is 0. The molecule has 1 aromatic carbocycles. The summed E-state index contributed by atoms with van der Waals surface area (Å²) in [5.74, 6) is -0.334. The van der Waals surface area contributed by atoms with Crippen molar-refractivity contribution in [2.75, 3.05) is 0 Å². The lowest BCUT2D eigenvalue weighted by Gasteiger charge is -2.09. The summed E-state index contributed by atoms with van der Waals surface area (Å²) in [5, 5.41) is 9.81. The average molecular weight is 206 g/mol. The van der Waals surface area contributed by atoms with E-state index >= 15 is 0 Å². The highest BCUT2D eigenvalue weighted by molar-refractivity contribution is 5.21. The van der Waals surface area contributed by atoms with E-state index in [2.05, 4.69) is 0 Å². The zero-order valence-corrected chi connectivity index (χ0v) is 8.06. The van der Waals surface area contributed by atoms with Gasteiger partial charge in [0.1, 0.15) is 5.82 Å². The number of halogens is 1. The first-order chi connectivity index (χ1) is 7.25. The maximum atomic E-state index is 12.9. The number of aliphatic hydroxyl groups is 1. The van der Waals surface area contributed by atoms with Crippen LogP contribution in [0.5, 0.6) is 0 Å². The first-order valence-electron chi connectivity index (χ1n) is 4.70. The first-order valence-corrected chi connectivity index (χ1v) is 4.70. The van der Waals surface area contributed by atoms with Crippen molar-refractivity contribution in [1.82, 2.24) is 0 Å². The summed E-state index contributed by atoms with van der Waals surface area (Å²) < 4.78 is 17.8. The van der Waals surface area contributed by atoms with E-state index in [-0.39, 0.29) is 5.82 Å². The Morgan fingerprint density at radius 1 is 1.33 bits per heavy atom. The van der Waals surface area contributed by atoms with Crippen LogP contribution in [-0.2, 0) is 6.42 Å². The molecule has 0 radical (unpaired) electrons. The van der Waals surface area contributed by atoms with Crippen molar-refractivity contribution < 1.29 is 13.9 Å². The second-order valence-electron chi connectivity index (χ2n) is 3.41. The van der Waals surface area contributed by atoms with E-state index in [0.29, 0.717) is 12.0 Å². The van der Waals surface area contributed by atoms with Crippen molar-refractivity contribution >= 4 is 0 Å². The van der Waals surface area contributed by atoms with Gasteiger partial charge in [0.25, 0.3) is 0 Å². The van der Waals surface area contributed by atoms with Crippen LogP contribution in [-0.4, -0.2) is 5.11 Å². The minimum atomic E-state index is -0.696. The van der Waals surface area contributed by atoms with Crippen molar-refractivity contribution in [3.8, 4) is 0 Å². The summed E-state index contributed by atoms with van der Waals surface area (Å²) >= 11 is 0. The van der Waals surface area contributed by atoms with Crippen molar-refractivity contribution in [1.29, 1.82) is 0 Å². The van der Waals surface area contributed by atoms with E-state index in [0.717, 1.165) is 5.56 Å². The Bertz CT molecular complexity index is 423. The molecule has 0 saturated carbocycles. The van der Waals surface area contributed by atoms with Gasteiger partial charge in [-0.2, -0.15) is 0 Å². The minimum absolute atomic E-state index is 0.334. The zero-order valence-electron chi connectivity index (χ0n) is 8.06. The quantitative estimate of drug-likeness (QED) is 0.837. The van der Waals surface area contributed by atoms with Crippen LogP contribution < -0.4 is 0 Å². The SMILES string of the molecule is OC(Cc1ccoc1)c1cccc(F)c1. The molecule has 0 aliphatic carbocycles. The molecule has 3 heteroatoms. The van der Waals surface area contributed by atoms with Crippen LogP contribution >= 0.6 is 0 Å². The normalized spacial score (nSPS) is 12.7. The van der Waals surface area contributed by atoms with Gasteiger partial charge in [-0.1, -0.05) is 12.1 Å². The number of hydrogen-bond donors (Lipinski definition) is 1. The fourth-order valence-electron chi connectivity index (χ4n) is 1.46. The van der Waals surface area contributed by atoms with Crippen molar-refractivity contribution in [2.24, 2.45) is 0 Å². The van der Waals surface area contributed by atoms with Gasteiger partial charge in [0, 0.05) is 6.42 Å². The lowest BCUT2D eigenvalue weighted by molar-refractivity contribution is 0.178. The van der Waals surface area contributed by atoms with Gasteiger partial charge >= 0.3 is 0 Å². The fraction of sp³-hybridized carbons (Fsp3) is 0.167. The van der Waals surface area contributed by atoms with E-state index in [1.807, 2.05) is 0 Å². The minimum Gasteiger partial charge on any atom is -0.472 e. The van der Waals surface area contributed by atoms with Crippen LogP contribution in [0.3, 0.4) is 0 Å². The molecule has 0 amide bonds. The molecule has 1 N–H and O–H groups in total. The molecular formula is C12H11FO2. The summed E-state index contributed by atoms with van der Waals surface area (Å²) in [5.41, 5.74) is 1.47. The molecule has 1 aromatic heterocycles. The van der Waals surface area contributed by atoms with Gasteiger partial charge < -0.3 is 9.52 Å². The molecule has 2 aromatic rings. The highest BCUT2D eigenvalue weighted by Crippen LogP contribution is 2.19. The fourth-order valence-corrected chi connectivity index (χ4v) is 1.46. The molecule has 0 saturated heterocycles. The number of aliphatic hydroxyl groups excluding tert-OH is 1. The average Bonchev–Trinajstić information content (AvgIpc) is 2.70. The summed E-state index contributed by atoms with van der Waals surface area (Å²) in [7, 11) is 0. The third kappa shape index (κ3) is 2.44. The lowest BCUT2D eigenvalue weighted by atomic mass is 10.0. The lowest BCUT2D eigenvalue weighted by Crippen LogP contribution is -2.01. The van der Waals surface area contributed by atoms with E-state index in [4.69, 9.17) is 4.42 Å². The second-order valence-corrected chi connectivity index (χ2v) is 3.41. The molecule has 1 atom stereocenters. The summed E-state index contributed by atoms with van der Waals surface area (Å²) in [4.78, 5) is 0. The van der Waals surface area contributed by atoms with Crippen LogP contribution in [0.1, 0.15) is 17.2 Å². The monoisotopic (exact) mass is 206 g/mol. The Morgan fingerprint density at radius 2 is 2.20 bits per heavy atom. The topological polar surface area (TPSA) is 33.4 Å². The van der Waals surface area contributed by atoms with Gasteiger partial charge in [-0.05, 0) is 29.3 Å². The maximum absolute atomic E-state index is 12.9. The van der Waals surface area contributed by atoms with Gasteiger partial charge in [-0.15, -0.1) is 0 Å². The predicted octanol–water partition coefficient (Wildman–Crippen LogP) is 2.69. The van der Waals surface area contributed by atoms with Gasteiger partial charge in [-0.25, -0.2) is 4.39 Å². The maximum Gasteiger partial charge on any atom is 0.123 e. The third-order valence-corrected chi connectivity index (χ3v) is 2.24. The number of furan rings is 1. The van der Waals surface area contributed by atoms with E-state index in [9.17, 15) is 9.50 Å². The number of benzene rings is 1. The van der Waals surface area contributed by atoms with Crippen LogP contribution in [0.15, 0.2) is 47.3 Å². The van der Waals surface area contributed by atoms with Crippen LogP contribution in [0.4, 0.5) is 4.39 Å². The zero-order chi connectivity index (χ0) is 10.7. The summed E-state index contributed by atoms with van der Waals surface area (Å²) in [6.07, 6.45) is 2.86. The van der Waals surface area contributed by atoms with Crippen LogP contribution in [0.25, 0.3) is 0 Å². The Kier molecular flexibility index (Phi) is 2.83. The molecule has 0 aliphatic rings. The number of rotatable bonds is 3. The van der Waals surface area contributed by atoms with E-state index < -0.39 is 6.10 Å². The Hall–Kier alpha value is -1.61. The van der Waals surface area contributed by atoms with E-state index in [1.54, 1.807) is 30.7 Å². The van der Waals surface area contributed by atoms with Crippen molar-refractivity contribution in [3.63, 3.8) is 0 Å². The van der Waals surface area contributed by atoms with Crippen LogP contribution in [0.2, 0.25) is 0 Å². The van der Waals surface area contributed by atoms with Crippen molar-refractivity contribution in [2.45, 2.75) is 12.5 Å². The molecule has 0 aliphatic heterocycles. The molecule has 15 heavy (non-hydrogen) atoms. The molecule has 0 fully saturated rings. The standard InChI is InChI=1S/C12H11FO2/c13-11-3-1-2-10(7-11)12(14)6-9-4-5-15-8-9/h1-5,7-8,12,14H,6H2. The Morgan fingerprint density at radius 3 is 2.87 bits per heavy atom. The predicted molar refractivity (Wildman–Crippen MR) is 53.8 cm³/mol. The van der Waals surface area contributed by atoms with Gasteiger partial charge in [-0.3, -0.25) is 0 Å². The highest BCUT2D eigenvalue weighted by atomic mass is 19.1.